The zero-order chi connectivity index (χ0) is 21.6. The summed E-state index contributed by atoms with van der Waals surface area (Å²) in [6, 6.07) is 5.67. The van der Waals surface area contributed by atoms with Gasteiger partial charge in [0.25, 0.3) is 0 Å². The topological polar surface area (TPSA) is 99.6 Å². The predicted octanol–water partition coefficient (Wildman–Crippen LogP) is 2.69. The molecule has 0 saturated heterocycles. The molecule has 1 aliphatic heterocycles. The van der Waals surface area contributed by atoms with E-state index in [1.54, 1.807) is 14.0 Å². The molecular formula is C21H34IN3O6. The minimum absolute atomic E-state index is 0. The van der Waals surface area contributed by atoms with Crippen LogP contribution in [0.1, 0.15) is 19.8 Å². The highest BCUT2D eigenvalue weighted by atomic mass is 127. The van der Waals surface area contributed by atoms with Crippen LogP contribution in [0.5, 0.6) is 11.5 Å². The zero-order valence-electron chi connectivity index (χ0n) is 18.5. The Kier molecular flexibility index (Phi) is 14.0. The van der Waals surface area contributed by atoms with E-state index >= 15 is 0 Å². The number of methoxy groups -OCH3 is 2. The molecule has 0 bridgehead atoms. The molecule has 31 heavy (non-hydrogen) atoms. The molecule has 1 aromatic rings. The molecule has 0 fully saturated rings. The van der Waals surface area contributed by atoms with Gasteiger partial charge >= 0.3 is 5.97 Å². The maximum atomic E-state index is 11.7. The number of benzene rings is 1. The number of ether oxygens (including phenoxy) is 5. The van der Waals surface area contributed by atoms with Crippen molar-refractivity contribution >= 4 is 41.6 Å². The maximum Gasteiger partial charge on any atom is 0.310 e. The van der Waals surface area contributed by atoms with Crippen LogP contribution in [-0.2, 0) is 19.0 Å². The van der Waals surface area contributed by atoms with Crippen LogP contribution in [0.25, 0.3) is 0 Å². The van der Waals surface area contributed by atoms with E-state index in [0.717, 1.165) is 24.3 Å². The number of halogens is 1. The standard InChI is InChI=1S/C21H33N3O6.HI/c1-16(20(25)27-3)15-23-21(22-8-4-9-28-13-12-26-2)24-17-6-7-18-19(14-17)30-11-5-10-29-18;/h6-7,14,16H,4-5,8-13,15H2,1-3H3,(H2,22,23,24);1H. The third kappa shape index (κ3) is 10.4. The quantitative estimate of drug-likeness (QED) is 0.143. The second-order valence-corrected chi connectivity index (χ2v) is 6.84. The first kappa shape index (κ1) is 27.2. The van der Waals surface area contributed by atoms with Crippen LogP contribution >= 0.6 is 24.0 Å². The number of aliphatic imine (C=N–C) groups is 1. The summed E-state index contributed by atoms with van der Waals surface area (Å²) >= 11 is 0. The second kappa shape index (κ2) is 15.9. The summed E-state index contributed by atoms with van der Waals surface area (Å²) in [7, 11) is 3.02. The molecule has 0 aliphatic carbocycles. The third-order valence-electron chi connectivity index (χ3n) is 4.33. The predicted molar refractivity (Wildman–Crippen MR) is 130 cm³/mol. The Balaban J connectivity index is 0.00000480. The molecule has 2 rings (SSSR count). The highest BCUT2D eigenvalue weighted by molar-refractivity contribution is 14.0. The van der Waals surface area contributed by atoms with E-state index < -0.39 is 0 Å². The molecule has 2 N–H and O–H groups in total. The van der Waals surface area contributed by atoms with Crippen LogP contribution in [0.4, 0.5) is 5.69 Å². The number of hydrogen-bond donors (Lipinski definition) is 2. The molecule has 1 heterocycles. The van der Waals surface area contributed by atoms with Gasteiger partial charge in [-0.1, -0.05) is 6.92 Å². The van der Waals surface area contributed by atoms with E-state index in [1.165, 1.54) is 7.11 Å². The van der Waals surface area contributed by atoms with Crippen molar-refractivity contribution in [3.05, 3.63) is 18.2 Å². The molecule has 0 spiro atoms. The van der Waals surface area contributed by atoms with Gasteiger partial charge in [-0.25, -0.2) is 0 Å². The van der Waals surface area contributed by atoms with Gasteiger partial charge in [0, 0.05) is 38.4 Å². The van der Waals surface area contributed by atoms with Crippen molar-refractivity contribution in [3.8, 4) is 11.5 Å². The van der Waals surface area contributed by atoms with E-state index in [2.05, 4.69) is 15.6 Å². The van der Waals surface area contributed by atoms with Crippen molar-refractivity contribution in [2.24, 2.45) is 10.9 Å². The lowest BCUT2D eigenvalue weighted by molar-refractivity contribution is -0.144. The number of carbonyl (C=O) groups is 1. The van der Waals surface area contributed by atoms with Crippen LogP contribution in [0, 0.1) is 5.92 Å². The lowest BCUT2D eigenvalue weighted by Crippen LogP contribution is -2.33. The van der Waals surface area contributed by atoms with Gasteiger partial charge in [-0.3, -0.25) is 9.79 Å². The smallest absolute Gasteiger partial charge is 0.310 e. The highest BCUT2D eigenvalue weighted by Crippen LogP contribution is 2.32. The third-order valence-corrected chi connectivity index (χ3v) is 4.33. The lowest BCUT2D eigenvalue weighted by Gasteiger charge is -2.15. The Morgan fingerprint density at radius 1 is 1.16 bits per heavy atom. The highest BCUT2D eigenvalue weighted by Gasteiger charge is 2.14. The van der Waals surface area contributed by atoms with Crippen molar-refractivity contribution in [3.63, 3.8) is 0 Å². The second-order valence-electron chi connectivity index (χ2n) is 6.84. The van der Waals surface area contributed by atoms with Gasteiger partial charge in [-0.15, -0.1) is 24.0 Å². The van der Waals surface area contributed by atoms with Crippen LogP contribution in [0.2, 0.25) is 0 Å². The first-order valence-electron chi connectivity index (χ1n) is 10.2. The summed E-state index contributed by atoms with van der Waals surface area (Å²) in [6.45, 7) is 5.78. The average molecular weight is 551 g/mol. The molecule has 9 nitrogen and oxygen atoms in total. The maximum absolute atomic E-state index is 11.7. The monoisotopic (exact) mass is 551 g/mol. The van der Waals surface area contributed by atoms with Crippen molar-refractivity contribution < 1.29 is 28.5 Å². The molecular weight excluding hydrogens is 517 g/mol. The van der Waals surface area contributed by atoms with Crippen LogP contribution in [-0.4, -0.2) is 72.3 Å². The number of esters is 1. The SMILES string of the molecule is COCCOCCCNC(=NCC(C)C(=O)OC)Nc1ccc2c(c1)OCCCO2.I. The van der Waals surface area contributed by atoms with Crippen LogP contribution in [0.15, 0.2) is 23.2 Å². The Bertz CT molecular complexity index is 689. The van der Waals surface area contributed by atoms with Gasteiger partial charge in [0.1, 0.15) is 0 Å². The molecule has 0 saturated carbocycles. The number of guanidine groups is 1. The fourth-order valence-electron chi connectivity index (χ4n) is 2.65. The molecule has 1 unspecified atom stereocenters. The number of rotatable bonds is 11. The number of hydrogen-bond acceptors (Lipinski definition) is 7. The van der Waals surface area contributed by atoms with Crippen molar-refractivity contribution in [2.75, 3.05) is 65.7 Å². The van der Waals surface area contributed by atoms with Gasteiger partial charge in [-0.05, 0) is 18.6 Å². The molecule has 0 radical (unpaired) electrons. The Labute approximate surface area is 201 Å². The summed E-state index contributed by atoms with van der Waals surface area (Å²) in [5.41, 5.74) is 0.813. The van der Waals surface area contributed by atoms with Gasteiger partial charge < -0.3 is 34.3 Å². The molecule has 176 valence electrons. The Morgan fingerprint density at radius 3 is 2.68 bits per heavy atom. The number of carbonyl (C=O) groups excluding carboxylic acids is 1. The van der Waals surface area contributed by atoms with Gasteiger partial charge in [-0.2, -0.15) is 0 Å². The summed E-state index contributed by atoms with van der Waals surface area (Å²) in [5.74, 6) is 1.37. The van der Waals surface area contributed by atoms with Crippen molar-refractivity contribution in [1.29, 1.82) is 0 Å². The van der Waals surface area contributed by atoms with E-state index in [4.69, 9.17) is 23.7 Å². The first-order valence-corrected chi connectivity index (χ1v) is 10.2. The Hall–Kier alpha value is -1.79. The Morgan fingerprint density at radius 2 is 1.94 bits per heavy atom. The van der Waals surface area contributed by atoms with Crippen molar-refractivity contribution in [2.45, 2.75) is 19.8 Å². The van der Waals surface area contributed by atoms with Gasteiger partial charge in [0.15, 0.2) is 17.5 Å². The number of nitrogens with zero attached hydrogens (tertiary/aromatic N) is 1. The zero-order valence-corrected chi connectivity index (χ0v) is 20.8. The molecule has 1 aromatic carbocycles. The van der Waals surface area contributed by atoms with E-state index in [-0.39, 0.29) is 35.9 Å². The lowest BCUT2D eigenvalue weighted by atomic mass is 10.2. The fraction of sp³-hybridized carbons (Fsp3) is 0.619. The average Bonchev–Trinajstić information content (AvgIpc) is 3.00. The number of fused-ring (bicyclic) bond motifs is 1. The summed E-state index contributed by atoms with van der Waals surface area (Å²) < 4.78 is 26.6. The van der Waals surface area contributed by atoms with E-state index in [9.17, 15) is 4.79 Å². The van der Waals surface area contributed by atoms with Crippen LogP contribution < -0.4 is 20.1 Å². The van der Waals surface area contributed by atoms with E-state index in [0.29, 0.717) is 57.8 Å². The number of nitrogens with one attached hydrogen (secondary N) is 2. The number of anilines is 1. The molecule has 1 aliphatic rings. The summed E-state index contributed by atoms with van der Waals surface area (Å²) in [5, 5.41) is 6.53. The van der Waals surface area contributed by atoms with Gasteiger partial charge in [0.2, 0.25) is 0 Å². The van der Waals surface area contributed by atoms with E-state index in [1.807, 2.05) is 18.2 Å². The summed E-state index contributed by atoms with van der Waals surface area (Å²) in [6.07, 6.45) is 1.65. The fourth-order valence-corrected chi connectivity index (χ4v) is 2.65. The van der Waals surface area contributed by atoms with Crippen LogP contribution in [0.3, 0.4) is 0 Å². The van der Waals surface area contributed by atoms with Gasteiger partial charge in [0.05, 0.1) is 46.0 Å². The molecule has 0 aromatic heterocycles. The minimum Gasteiger partial charge on any atom is -0.490 e. The largest absolute Gasteiger partial charge is 0.490 e. The first-order chi connectivity index (χ1) is 14.6. The molecule has 10 heteroatoms. The summed E-state index contributed by atoms with van der Waals surface area (Å²) in [4.78, 5) is 16.2. The molecule has 0 amide bonds. The minimum atomic E-state index is -0.338. The van der Waals surface area contributed by atoms with Crippen molar-refractivity contribution in [1.82, 2.24) is 5.32 Å². The normalized spacial score (nSPS) is 14.1. The molecule has 1 atom stereocenters.